The Balaban J connectivity index is 1.12. The minimum atomic E-state index is -4.14. The molecule has 0 aromatic heterocycles. The number of hydrogen-bond donors (Lipinski definition) is 1. The van der Waals surface area contributed by atoms with Gasteiger partial charge in [0.25, 0.3) is 14.2 Å². The molecule has 318 valence electrons. The molecule has 0 unspecified atom stereocenters. The van der Waals surface area contributed by atoms with Gasteiger partial charge in [-0.1, -0.05) is 111 Å². The van der Waals surface area contributed by atoms with Crippen LogP contribution in [0.3, 0.4) is 0 Å². The first kappa shape index (κ1) is 42.7. The van der Waals surface area contributed by atoms with Crippen molar-refractivity contribution in [3.63, 3.8) is 0 Å². The van der Waals surface area contributed by atoms with Crippen LogP contribution < -0.4 is 24.7 Å². The van der Waals surface area contributed by atoms with Crippen molar-refractivity contribution in [2.75, 3.05) is 38.3 Å². The highest BCUT2D eigenvalue weighted by atomic mass is 35.5. The van der Waals surface area contributed by atoms with E-state index >= 15 is 0 Å². The molecule has 4 aromatic carbocycles. The van der Waals surface area contributed by atoms with E-state index in [2.05, 4.69) is 78.9 Å². The summed E-state index contributed by atoms with van der Waals surface area (Å²) in [5, 5.41) is 1.85. The molecule has 0 radical (unpaired) electrons. The number of hydrogen-bond acceptors (Lipinski definition) is 7. The molecule has 1 fully saturated rings. The van der Waals surface area contributed by atoms with Crippen LogP contribution >= 0.6 is 11.6 Å². The number of carbonyl (C=O) groups is 1. The van der Waals surface area contributed by atoms with Crippen LogP contribution in [-0.2, 0) is 31.0 Å². The van der Waals surface area contributed by atoms with Crippen molar-refractivity contribution >= 4 is 51.9 Å². The Kier molecular flexibility index (Phi) is 12.4. The van der Waals surface area contributed by atoms with Gasteiger partial charge < -0.3 is 18.8 Å². The number of fused-ring (bicyclic) bond motifs is 4. The van der Waals surface area contributed by atoms with E-state index < -0.39 is 29.5 Å². The molecule has 1 spiro atoms. The first-order chi connectivity index (χ1) is 28.8. The lowest BCUT2D eigenvalue weighted by Crippen LogP contribution is -2.66. The smallest absolute Gasteiger partial charge is 0.264 e. The fraction of sp³-hybridized carbons (Fsp3) is 0.449. The summed E-state index contributed by atoms with van der Waals surface area (Å²) in [6, 6.07) is 32.3. The van der Waals surface area contributed by atoms with E-state index in [0.717, 1.165) is 59.7 Å². The zero-order chi connectivity index (χ0) is 42.1. The molecule has 1 saturated carbocycles. The Morgan fingerprint density at radius 1 is 0.950 bits per heavy atom. The van der Waals surface area contributed by atoms with Gasteiger partial charge in [-0.2, -0.15) is 0 Å². The maximum absolute atomic E-state index is 14.4. The SMILES string of the molecule is CO[C@H]1/C=C\CC[C@H](CCO[Si](c2ccccc2)(c2ccccc2)C(C)(C)C)S(=O)(=O)NC(=O)c2ccc3c(c2)N(C[C@@H]2CC[C@H]21)C[C@@]1(CCCc2cc(Cl)ccc21)CO3. The second kappa shape index (κ2) is 17.4. The Morgan fingerprint density at radius 2 is 1.68 bits per heavy atom. The number of aryl methyl sites for hydroxylation is 1. The van der Waals surface area contributed by atoms with Crippen LogP contribution in [0.25, 0.3) is 0 Å². The minimum absolute atomic E-state index is 0.0922. The molecular formula is C49H59ClN2O6SSi. The normalized spacial score (nSPS) is 26.1. The number of halogens is 1. The van der Waals surface area contributed by atoms with Crippen molar-refractivity contribution in [3.05, 3.63) is 131 Å². The van der Waals surface area contributed by atoms with Crippen molar-refractivity contribution < 1.29 is 27.1 Å². The zero-order valence-corrected chi connectivity index (χ0v) is 37.9. The molecule has 5 atom stereocenters. The van der Waals surface area contributed by atoms with Gasteiger partial charge in [0.2, 0.25) is 10.0 Å². The van der Waals surface area contributed by atoms with Crippen LogP contribution in [0.1, 0.15) is 87.2 Å². The molecule has 2 bridgehead atoms. The molecular weight excluding hydrogens is 808 g/mol. The van der Waals surface area contributed by atoms with Gasteiger partial charge in [-0.15, -0.1) is 0 Å². The van der Waals surface area contributed by atoms with Gasteiger partial charge in [-0.05, 0) is 120 Å². The Labute approximate surface area is 362 Å². The van der Waals surface area contributed by atoms with Gasteiger partial charge in [0.15, 0.2) is 0 Å². The number of carbonyl (C=O) groups excluding carboxylic acids is 1. The summed E-state index contributed by atoms with van der Waals surface area (Å²) in [5.41, 5.74) is 3.37. The highest BCUT2D eigenvalue weighted by Gasteiger charge is 2.50. The van der Waals surface area contributed by atoms with E-state index in [4.69, 9.17) is 25.5 Å². The van der Waals surface area contributed by atoms with Crippen molar-refractivity contribution in [1.29, 1.82) is 0 Å². The lowest BCUT2D eigenvalue weighted by molar-refractivity contribution is 0.0132. The number of nitrogens with zero attached hydrogens (tertiary/aromatic N) is 1. The third-order valence-electron chi connectivity index (χ3n) is 13.8. The molecule has 2 heterocycles. The average molecular weight is 868 g/mol. The Hall–Kier alpha value is -3.93. The monoisotopic (exact) mass is 866 g/mol. The third kappa shape index (κ3) is 8.35. The van der Waals surface area contributed by atoms with Gasteiger partial charge in [0, 0.05) is 42.8 Å². The Bertz CT molecular complexity index is 2260. The maximum atomic E-state index is 14.4. The fourth-order valence-corrected chi connectivity index (χ4v) is 16.7. The van der Waals surface area contributed by atoms with Gasteiger partial charge in [0.1, 0.15) is 5.75 Å². The number of allylic oxidation sites excluding steroid dienone is 1. The number of rotatable bonds is 7. The Morgan fingerprint density at radius 3 is 2.35 bits per heavy atom. The van der Waals surface area contributed by atoms with Crippen molar-refractivity contribution in [2.45, 2.75) is 93.9 Å². The molecule has 60 heavy (non-hydrogen) atoms. The van der Waals surface area contributed by atoms with Gasteiger partial charge in [-0.3, -0.25) is 4.79 Å². The van der Waals surface area contributed by atoms with Crippen LogP contribution in [-0.4, -0.2) is 67.4 Å². The maximum Gasteiger partial charge on any atom is 0.264 e. The van der Waals surface area contributed by atoms with Crippen LogP contribution in [0.2, 0.25) is 10.1 Å². The summed E-state index contributed by atoms with van der Waals surface area (Å²) in [6.07, 6.45) is 10.3. The first-order valence-electron chi connectivity index (χ1n) is 21.6. The number of benzene rings is 4. The lowest BCUT2D eigenvalue weighted by Gasteiger charge is -2.46. The van der Waals surface area contributed by atoms with E-state index in [0.29, 0.717) is 43.6 Å². The molecule has 11 heteroatoms. The highest BCUT2D eigenvalue weighted by molar-refractivity contribution is 7.90. The number of anilines is 1. The molecule has 1 N–H and O–H groups in total. The number of methoxy groups -OCH3 is 1. The number of nitrogens with one attached hydrogen (secondary N) is 1. The van der Waals surface area contributed by atoms with E-state index in [-0.39, 0.29) is 35.1 Å². The molecule has 8 rings (SSSR count). The van der Waals surface area contributed by atoms with E-state index in [1.54, 1.807) is 13.2 Å². The van der Waals surface area contributed by atoms with Gasteiger partial charge in [0.05, 0.1) is 23.6 Å². The second-order valence-electron chi connectivity index (χ2n) is 18.4. The van der Waals surface area contributed by atoms with E-state index in [1.165, 1.54) is 11.1 Å². The van der Waals surface area contributed by atoms with Gasteiger partial charge in [-0.25, -0.2) is 13.1 Å². The van der Waals surface area contributed by atoms with Gasteiger partial charge >= 0.3 is 0 Å². The van der Waals surface area contributed by atoms with Crippen LogP contribution in [0, 0.1) is 11.8 Å². The lowest BCUT2D eigenvalue weighted by atomic mass is 9.68. The largest absolute Gasteiger partial charge is 0.490 e. The predicted molar refractivity (Wildman–Crippen MR) is 244 cm³/mol. The number of sulfonamides is 1. The summed E-state index contributed by atoms with van der Waals surface area (Å²) >= 11 is 6.50. The van der Waals surface area contributed by atoms with Crippen LogP contribution in [0.5, 0.6) is 5.75 Å². The van der Waals surface area contributed by atoms with E-state index in [1.807, 2.05) is 54.6 Å². The predicted octanol–water partition coefficient (Wildman–Crippen LogP) is 8.60. The van der Waals surface area contributed by atoms with Crippen molar-refractivity contribution in [2.24, 2.45) is 11.8 Å². The van der Waals surface area contributed by atoms with Crippen molar-refractivity contribution in [3.8, 4) is 5.75 Å². The topological polar surface area (TPSA) is 94.2 Å². The second-order valence-corrected chi connectivity index (χ2v) is 25.1. The molecule has 0 saturated heterocycles. The summed E-state index contributed by atoms with van der Waals surface area (Å²) in [7, 11) is -5.29. The number of ether oxygens (including phenoxy) is 2. The third-order valence-corrected chi connectivity index (χ3v) is 20.9. The molecule has 8 nitrogen and oxygen atoms in total. The molecule has 2 aliphatic heterocycles. The summed E-state index contributed by atoms with van der Waals surface area (Å²) < 4.78 is 51.4. The molecule has 4 aromatic rings. The number of amides is 1. The summed E-state index contributed by atoms with van der Waals surface area (Å²) in [6.45, 7) is 8.83. The summed E-state index contributed by atoms with van der Waals surface area (Å²) in [4.78, 5) is 16.6. The highest BCUT2D eigenvalue weighted by Crippen LogP contribution is 2.47. The summed E-state index contributed by atoms with van der Waals surface area (Å²) in [5.74, 6) is 0.737. The molecule has 4 aliphatic rings. The minimum Gasteiger partial charge on any atom is -0.490 e. The quantitative estimate of drug-likeness (QED) is 0.147. The zero-order valence-electron chi connectivity index (χ0n) is 35.4. The van der Waals surface area contributed by atoms with Crippen LogP contribution in [0.4, 0.5) is 5.69 Å². The molecule has 1 amide bonds. The van der Waals surface area contributed by atoms with Crippen LogP contribution in [0.15, 0.2) is 109 Å². The van der Waals surface area contributed by atoms with Crippen molar-refractivity contribution in [1.82, 2.24) is 4.72 Å². The fourth-order valence-electron chi connectivity index (χ4n) is 10.5. The average Bonchev–Trinajstić information content (AvgIpc) is 3.37. The standard InChI is InChI=1S/C49H59ClN2O6SSi/c1-48(2,3)60(40-16-7-5-8-17-40,41-18-9-6-10-19-41)58-29-27-39-15-11-12-20-45(56-4)42-24-21-37(42)32-52-33-49(28-13-14-35-30-38(50)23-25-43(35)49)34-57-46-26-22-36(31-44(46)52)47(53)51-59(39,54)55/h5-10,12,16-20,22-23,25-26,30-31,37,39,42,45H,11,13-15,21,24,27-29,32-34H2,1-4H3,(H,51,53)/b20-12-/t37-,39+,42+,45-,49-/m0/s1. The molecule has 2 aliphatic carbocycles. The first-order valence-corrected chi connectivity index (χ1v) is 25.5. The van der Waals surface area contributed by atoms with E-state index in [9.17, 15) is 13.2 Å².